The molecule has 2 N–H and O–H groups in total. The van der Waals surface area contributed by atoms with Crippen LogP contribution >= 0.6 is 27.5 Å². The molecule has 1 aliphatic heterocycles. The van der Waals surface area contributed by atoms with Gasteiger partial charge in [0.2, 0.25) is 0 Å². The first-order valence-electron chi connectivity index (χ1n) is 6.56. The highest BCUT2D eigenvalue weighted by molar-refractivity contribution is 9.10. The Hall–Kier alpha value is -1.10. The molecule has 1 aromatic heterocycles. The molecule has 20 heavy (non-hydrogen) atoms. The van der Waals surface area contributed by atoms with Crippen molar-refractivity contribution in [2.75, 3.05) is 18.0 Å². The van der Waals surface area contributed by atoms with Gasteiger partial charge in [-0.25, -0.2) is 4.98 Å². The zero-order chi connectivity index (χ0) is 14.1. The highest BCUT2D eigenvalue weighted by atomic mass is 79.9. The summed E-state index contributed by atoms with van der Waals surface area (Å²) < 4.78 is 0.882. The molecule has 1 unspecified atom stereocenters. The van der Waals surface area contributed by atoms with Gasteiger partial charge in [-0.1, -0.05) is 35.9 Å². The summed E-state index contributed by atoms with van der Waals surface area (Å²) >= 11 is 9.73. The quantitative estimate of drug-likeness (QED) is 0.898. The maximum atomic E-state index is 6.34. The number of hydrogen-bond acceptors (Lipinski definition) is 3. The van der Waals surface area contributed by atoms with Crippen molar-refractivity contribution in [2.45, 2.75) is 12.5 Å². The zero-order valence-electron chi connectivity index (χ0n) is 10.9. The van der Waals surface area contributed by atoms with E-state index < -0.39 is 0 Å². The molecule has 3 nitrogen and oxygen atoms in total. The first-order chi connectivity index (χ1) is 9.70. The number of nitrogens with two attached hydrogens (primary N) is 1. The van der Waals surface area contributed by atoms with Crippen LogP contribution in [0.3, 0.4) is 0 Å². The predicted molar refractivity (Wildman–Crippen MR) is 86.2 cm³/mol. The van der Waals surface area contributed by atoms with Gasteiger partial charge in [0.25, 0.3) is 0 Å². The van der Waals surface area contributed by atoms with Crippen molar-refractivity contribution in [1.82, 2.24) is 4.98 Å². The van der Waals surface area contributed by atoms with Crippen molar-refractivity contribution in [2.24, 2.45) is 5.73 Å². The van der Waals surface area contributed by atoms with E-state index in [0.717, 1.165) is 23.3 Å². The Balaban J connectivity index is 2.03. The molecular formula is C15H15BrClN3. The Bertz CT molecular complexity index is 632. The summed E-state index contributed by atoms with van der Waals surface area (Å²) in [5, 5.41) is 0.650. The number of rotatable bonds is 2. The van der Waals surface area contributed by atoms with E-state index >= 15 is 0 Å². The Morgan fingerprint density at radius 3 is 2.95 bits per heavy atom. The maximum Gasteiger partial charge on any atom is 0.147 e. The molecule has 2 aromatic rings. The second-order valence-corrected chi connectivity index (χ2v) is 6.18. The largest absolute Gasteiger partial charge is 0.347 e. The van der Waals surface area contributed by atoms with Crippen LogP contribution in [0, 0.1) is 0 Å². The third-order valence-corrected chi connectivity index (χ3v) is 4.41. The molecule has 2 heterocycles. The van der Waals surface area contributed by atoms with E-state index in [1.807, 2.05) is 6.07 Å². The fourth-order valence-electron chi connectivity index (χ4n) is 2.78. The molecule has 0 fully saturated rings. The van der Waals surface area contributed by atoms with Gasteiger partial charge in [0.1, 0.15) is 5.82 Å². The summed E-state index contributed by atoms with van der Waals surface area (Å²) in [6.45, 7) is 1.43. The summed E-state index contributed by atoms with van der Waals surface area (Å²) in [6, 6.07) is 10.5. The lowest BCUT2D eigenvalue weighted by Gasteiger charge is -2.38. The smallest absolute Gasteiger partial charge is 0.147 e. The third kappa shape index (κ3) is 2.43. The molecule has 0 bridgehead atoms. The lowest BCUT2D eigenvalue weighted by molar-refractivity contribution is 0.584. The van der Waals surface area contributed by atoms with Gasteiger partial charge < -0.3 is 10.6 Å². The molecule has 0 saturated carbocycles. The number of pyridine rings is 1. The fraction of sp³-hybridized carbons (Fsp3) is 0.267. The van der Waals surface area contributed by atoms with Gasteiger partial charge in [0.05, 0.1) is 11.1 Å². The highest BCUT2D eigenvalue weighted by Gasteiger charge is 2.28. The van der Waals surface area contributed by atoms with Crippen molar-refractivity contribution in [3.8, 4) is 0 Å². The number of anilines is 1. The van der Waals surface area contributed by atoms with Crippen molar-refractivity contribution in [1.29, 1.82) is 0 Å². The van der Waals surface area contributed by atoms with Crippen LogP contribution in [0.2, 0.25) is 5.02 Å². The number of aromatic nitrogens is 1. The highest BCUT2D eigenvalue weighted by Crippen LogP contribution is 2.36. The number of nitrogens with zero attached hydrogens (tertiary/aromatic N) is 2. The van der Waals surface area contributed by atoms with E-state index in [4.69, 9.17) is 17.3 Å². The van der Waals surface area contributed by atoms with E-state index in [9.17, 15) is 0 Å². The van der Waals surface area contributed by atoms with Crippen molar-refractivity contribution >= 4 is 33.3 Å². The van der Waals surface area contributed by atoms with Crippen molar-refractivity contribution in [3.63, 3.8) is 0 Å². The van der Waals surface area contributed by atoms with Crippen LogP contribution in [0.25, 0.3) is 0 Å². The topological polar surface area (TPSA) is 42.1 Å². The summed E-state index contributed by atoms with van der Waals surface area (Å²) in [5.41, 5.74) is 8.65. The Labute approximate surface area is 131 Å². The zero-order valence-corrected chi connectivity index (χ0v) is 13.2. The normalized spacial score (nSPS) is 17.9. The molecule has 0 saturated heterocycles. The molecule has 5 heteroatoms. The minimum Gasteiger partial charge on any atom is -0.347 e. The van der Waals surface area contributed by atoms with Crippen LogP contribution in [-0.4, -0.2) is 18.1 Å². The van der Waals surface area contributed by atoms with Gasteiger partial charge >= 0.3 is 0 Å². The first-order valence-corrected chi connectivity index (χ1v) is 7.73. The minimum absolute atomic E-state index is 0.131. The monoisotopic (exact) mass is 351 g/mol. The summed E-state index contributed by atoms with van der Waals surface area (Å²) in [6.07, 6.45) is 2.76. The fourth-order valence-corrected chi connectivity index (χ4v) is 3.52. The number of hydrogen-bond donors (Lipinski definition) is 1. The average Bonchev–Trinajstić information content (AvgIpc) is 2.46. The lowest BCUT2D eigenvalue weighted by Crippen LogP contribution is -2.40. The number of halogens is 2. The first kappa shape index (κ1) is 13.9. The van der Waals surface area contributed by atoms with Crippen LogP contribution < -0.4 is 10.6 Å². The van der Waals surface area contributed by atoms with Gasteiger partial charge in [-0.05, 0) is 39.5 Å². The summed E-state index contributed by atoms with van der Waals surface area (Å²) in [5.74, 6) is 0.805. The number of benzene rings is 1. The van der Waals surface area contributed by atoms with Gasteiger partial charge in [-0.3, -0.25) is 0 Å². The average molecular weight is 353 g/mol. The number of fused-ring (bicyclic) bond motifs is 1. The molecule has 0 radical (unpaired) electrons. The Kier molecular flexibility index (Phi) is 3.96. The Morgan fingerprint density at radius 1 is 1.40 bits per heavy atom. The summed E-state index contributed by atoms with van der Waals surface area (Å²) in [7, 11) is 0. The standard InChI is InChI=1S/C15H15BrClN3/c16-11-7-13(17)15(19-9-11)20-6-5-10-3-1-2-4-12(10)14(20)8-18/h1-4,7,9,14H,5-6,8,18H2. The summed E-state index contributed by atoms with van der Waals surface area (Å²) in [4.78, 5) is 6.67. The van der Waals surface area contributed by atoms with Crippen LogP contribution in [0.1, 0.15) is 17.2 Å². The van der Waals surface area contributed by atoms with Crippen molar-refractivity contribution in [3.05, 3.63) is 57.2 Å². The van der Waals surface area contributed by atoms with E-state index in [1.54, 1.807) is 6.20 Å². The van der Waals surface area contributed by atoms with E-state index in [2.05, 4.69) is 50.1 Å². The maximum absolute atomic E-state index is 6.34. The Morgan fingerprint density at radius 2 is 2.20 bits per heavy atom. The molecule has 0 aliphatic carbocycles. The minimum atomic E-state index is 0.131. The van der Waals surface area contributed by atoms with E-state index in [0.29, 0.717) is 11.6 Å². The predicted octanol–water partition coefficient (Wildman–Crippen LogP) is 3.56. The lowest BCUT2D eigenvalue weighted by atomic mass is 9.92. The van der Waals surface area contributed by atoms with Crippen molar-refractivity contribution < 1.29 is 0 Å². The molecule has 3 rings (SSSR count). The molecular weight excluding hydrogens is 338 g/mol. The van der Waals surface area contributed by atoms with Crippen LogP contribution in [0.4, 0.5) is 5.82 Å². The van der Waals surface area contributed by atoms with E-state index in [-0.39, 0.29) is 6.04 Å². The molecule has 1 aromatic carbocycles. The SMILES string of the molecule is NCC1c2ccccc2CCN1c1ncc(Br)cc1Cl. The van der Waals surface area contributed by atoms with Gasteiger partial charge in [0, 0.05) is 23.8 Å². The van der Waals surface area contributed by atoms with Crippen LogP contribution in [-0.2, 0) is 6.42 Å². The van der Waals surface area contributed by atoms with Crippen LogP contribution in [0.5, 0.6) is 0 Å². The molecule has 0 spiro atoms. The molecule has 0 amide bonds. The second-order valence-electron chi connectivity index (χ2n) is 4.85. The van der Waals surface area contributed by atoms with Gasteiger partial charge in [-0.15, -0.1) is 0 Å². The van der Waals surface area contributed by atoms with Gasteiger partial charge in [-0.2, -0.15) is 0 Å². The van der Waals surface area contributed by atoms with E-state index in [1.165, 1.54) is 11.1 Å². The van der Waals surface area contributed by atoms with Gasteiger partial charge in [0.15, 0.2) is 0 Å². The molecule has 104 valence electrons. The second kappa shape index (κ2) is 5.72. The molecule has 1 atom stereocenters. The molecule has 1 aliphatic rings. The third-order valence-electron chi connectivity index (χ3n) is 3.70. The van der Waals surface area contributed by atoms with Crippen LogP contribution in [0.15, 0.2) is 41.0 Å².